The van der Waals surface area contributed by atoms with Crippen molar-refractivity contribution < 1.29 is 38.2 Å². The van der Waals surface area contributed by atoms with Gasteiger partial charge in [0.1, 0.15) is 6.10 Å². The number of alkyl carbamates (subject to hydrolysis) is 1. The van der Waals surface area contributed by atoms with Crippen LogP contribution >= 0.6 is 0 Å². The molecule has 1 saturated heterocycles. The number of hydroxylamine groups is 2. The smallest absolute Gasteiger partial charge is 0.407 e. The fourth-order valence-electron chi connectivity index (χ4n) is 10.5. The molecule has 1 aliphatic heterocycles. The van der Waals surface area contributed by atoms with Crippen molar-refractivity contribution in [3.8, 4) is 0 Å². The zero-order chi connectivity index (χ0) is 35.2. The minimum absolute atomic E-state index is 0.0600. The van der Waals surface area contributed by atoms with Crippen LogP contribution in [0.4, 0.5) is 4.79 Å². The van der Waals surface area contributed by atoms with Crippen molar-refractivity contribution in [2.24, 2.45) is 46.3 Å². The number of fused-ring (bicyclic) bond motifs is 5. The van der Waals surface area contributed by atoms with Crippen molar-refractivity contribution in [1.82, 2.24) is 10.4 Å². The highest BCUT2D eigenvalue weighted by Crippen LogP contribution is 2.67. The van der Waals surface area contributed by atoms with Crippen LogP contribution in [0.15, 0.2) is 11.6 Å². The number of carbonyl (C=O) groups is 4. The number of carbonyl (C=O) groups excluding carboxylic acids is 4. The topological polar surface area (TPSA) is 120 Å². The second-order valence-electron chi connectivity index (χ2n) is 16.5. The molecule has 0 bridgehead atoms. The molecule has 3 saturated carbocycles. The number of nitrogens with one attached hydrogen (secondary N) is 1. The molecule has 10 nitrogen and oxygen atoms in total. The average molecular weight is 687 g/mol. The van der Waals surface area contributed by atoms with E-state index in [0.717, 1.165) is 54.8 Å². The monoisotopic (exact) mass is 686 g/mol. The lowest BCUT2D eigenvalue weighted by Crippen LogP contribution is -2.51. The first-order valence-corrected chi connectivity index (χ1v) is 19.3. The molecule has 5 unspecified atom stereocenters. The Hall–Kier alpha value is -2.46. The SMILES string of the molecule is CC(C)CCCC(C)C1CCC2C3CC=C4C[C@@H](OC(=O)NCCOCCOCCC(=O)ON5C(=O)CCC5=O)CC[C@]4(C)C3CC[C@]12C. The summed E-state index contributed by atoms with van der Waals surface area (Å²) in [6.45, 7) is 13.7. The van der Waals surface area contributed by atoms with Crippen LogP contribution in [0.25, 0.3) is 0 Å². The van der Waals surface area contributed by atoms with Crippen LogP contribution < -0.4 is 5.32 Å². The second-order valence-corrected chi connectivity index (χ2v) is 16.5. The Kier molecular flexibility index (Phi) is 12.9. The highest BCUT2D eigenvalue weighted by Gasteiger charge is 2.59. The van der Waals surface area contributed by atoms with Gasteiger partial charge in [0.05, 0.1) is 32.8 Å². The number of ether oxygens (including phenoxy) is 3. The molecule has 0 radical (unpaired) electrons. The van der Waals surface area contributed by atoms with E-state index in [1.54, 1.807) is 0 Å². The third-order valence-corrected chi connectivity index (χ3v) is 13.1. The number of hydrogen-bond acceptors (Lipinski definition) is 8. The molecule has 8 atom stereocenters. The number of hydrogen-bond donors (Lipinski definition) is 1. The summed E-state index contributed by atoms with van der Waals surface area (Å²) in [6.07, 6.45) is 15.8. The minimum atomic E-state index is -0.699. The zero-order valence-electron chi connectivity index (χ0n) is 30.8. The van der Waals surface area contributed by atoms with Gasteiger partial charge in [0.2, 0.25) is 0 Å². The van der Waals surface area contributed by atoms with Crippen molar-refractivity contribution in [2.45, 2.75) is 131 Å². The average Bonchev–Trinajstić information content (AvgIpc) is 3.57. The van der Waals surface area contributed by atoms with Gasteiger partial charge in [-0.3, -0.25) is 9.59 Å². The van der Waals surface area contributed by atoms with Crippen molar-refractivity contribution >= 4 is 23.9 Å². The van der Waals surface area contributed by atoms with Crippen molar-refractivity contribution in [3.05, 3.63) is 11.6 Å². The summed E-state index contributed by atoms with van der Waals surface area (Å²) in [5.74, 6) is 3.17. The summed E-state index contributed by atoms with van der Waals surface area (Å²) in [5.41, 5.74) is 2.24. The molecule has 4 fully saturated rings. The third kappa shape index (κ3) is 8.89. The summed E-state index contributed by atoms with van der Waals surface area (Å²) >= 11 is 0. The number of rotatable bonds is 16. The van der Waals surface area contributed by atoms with Gasteiger partial charge in [0.15, 0.2) is 0 Å². The lowest BCUT2D eigenvalue weighted by Gasteiger charge is -2.58. The van der Waals surface area contributed by atoms with E-state index in [2.05, 4.69) is 46.0 Å². The normalized spacial score (nSPS) is 33.1. The van der Waals surface area contributed by atoms with Crippen LogP contribution in [0.2, 0.25) is 0 Å². The molecule has 0 aromatic heterocycles. The van der Waals surface area contributed by atoms with E-state index >= 15 is 0 Å². The summed E-state index contributed by atoms with van der Waals surface area (Å²) in [6, 6.07) is 0. The van der Waals surface area contributed by atoms with Crippen LogP contribution in [-0.2, 0) is 33.4 Å². The van der Waals surface area contributed by atoms with Crippen LogP contribution in [0.5, 0.6) is 0 Å². The molecule has 10 heteroatoms. The largest absolute Gasteiger partial charge is 0.446 e. The number of allylic oxidation sites excluding steroid dienone is 1. The first kappa shape index (κ1) is 37.8. The van der Waals surface area contributed by atoms with Gasteiger partial charge in [-0.15, -0.1) is 5.06 Å². The molecule has 3 amide bonds. The molecule has 1 N–H and O–H groups in total. The quantitative estimate of drug-likeness (QED) is 0.103. The van der Waals surface area contributed by atoms with E-state index in [1.807, 2.05) is 0 Å². The van der Waals surface area contributed by atoms with Crippen molar-refractivity contribution in [1.29, 1.82) is 0 Å². The van der Waals surface area contributed by atoms with E-state index < -0.39 is 23.9 Å². The van der Waals surface area contributed by atoms with Gasteiger partial charge in [0.25, 0.3) is 11.8 Å². The molecule has 0 aromatic carbocycles. The molecule has 1 heterocycles. The summed E-state index contributed by atoms with van der Waals surface area (Å²) in [4.78, 5) is 52.2. The van der Waals surface area contributed by atoms with Gasteiger partial charge in [-0.2, -0.15) is 0 Å². The Morgan fingerprint density at radius 3 is 2.39 bits per heavy atom. The Morgan fingerprint density at radius 1 is 0.918 bits per heavy atom. The van der Waals surface area contributed by atoms with E-state index in [-0.39, 0.29) is 44.0 Å². The molecule has 4 aliphatic carbocycles. The number of amides is 3. The van der Waals surface area contributed by atoms with Gasteiger partial charge < -0.3 is 24.4 Å². The van der Waals surface area contributed by atoms with Crippen molar-refractivity contribution in [3.63, 3.8) is 0 Å². The van der Waals surface area contributed by atoms with E-state index in [1.165, 1.54) is 56.9 Å². The maximum atomic E-state index is 12.6. The maximum absolute atomic E-state index is 12.6. The number of imide groups is 1. The van der Waals surface area contributed by atoms with Gasteiger partial charge >= 0.3 is 12.1 Å². The summed E-state index contributed by atoms with van der Waals surface area (Å²) in [5, 5.41) is 3.34. The van der Waals surface area contributed by atoms with Crippen LogP contribution in [0.3, 0.4) is 0 Å². The van der Waals surface area contributed by atoms with Crippen LogP contribution in [0.1, 0.15) is 125 Å². The number of nitrogens with zero attached hydrogens (tertiary/aromatic N) is 1. The Morgan fingerprint density at radius 2 is 1.65 bits per heavy atom. The van der Waals surface area contributed by atoms with E-state index in [9.17, 15) is 19.2 Å². The Labute approximate surface area is 293 Å². The molecule has 49 heavy (non-hydrogen) atoms. The fraction of sp³-hybridized carbons (Fsp3) is 0.846. The first-order chi connectivity index (χ1) is 23.4. The summed E-state index contributed by atoms with van der Waals surface area (Å²) in [7, 11) is 0. The van der Waals surface area contributed by atoms with Crippen molar-refractivity contribution in [2.75, 3.05) is 33.0 Å². The third-order valence-electron chi connectivity index (χ3n) is 13.1. The molecule has 5 aliphatic rings. The van der Waals surface area contributed by atoms with E-state index in [4.69, 9.17) is 19.0 Å². The predicted molar refractivity (Wildman–Crippen MR) is 185 cm³/mol. The first-order valence-electron chi connectivity index (χ1n) is 19.3. The minimum Gasteiger partial charge on any atom is -0.446 e. The predicted octanol–water partition coefficient (Wildman–Crippen LogP) is 7.15. The van der Waals surface area contributed by atoms with Crippen LogP contribution in [-0.4, -0.2) is 68.0 Å². The van der Waals surface area contributed by atoms with Gasteiger partial charge in [-0.1, -0.05) is 65.5 Å². The van der Waals surface area contributed by atoms with Gasteiger partial charge in [-0.05, 0) is 91.3 Å². The van der Waals surface area contributed by atoms with Gasteiger partial charge in [-0.25, -0.2) is 9.59 Å². The lowest BCUT2D eigenvalue weighted by molar-refractivity contribution is -0.198. The standard InChI is InChI=1S/C39H62N2O8/c1-26(2)7-6-8-27(3)31-11-12-32-30-10-9-28-25-29(15-18-38(28,4)33(30)16-19-39(31,32)5)48-37(45)40-20-22-47-24-23-46-21-17-36(44)49-41-34(42)13-14-35(41)43/h9,26-27,29-33H,6-8,10-25H2,1-5H3,(H,40,45)/t27?,29-,30?,31?,32?,33?,38-,39+/m0/s1. The van der Waals surface area contributed by atoms with Crippen LogP contribution in [0, 0.1) is 46.3 Å². The molecule has 276 valence electrons. The van der Waals surface area contributed by atoms with Gasteiger partial charge in [0, 0.05) is 25.8 Å². The van der Waals surface area contributed by atoms with E-state index in [0.29, 0.717) is 30.2 Å². The summed E-state index contributed by atoms with van der Waals surface area (Å²) < 4.78 is 16.8. The molecule has 0 aromatic rings. The highest BCUT2D eigenvalue weighted by molar-refractivity contribution is 6.01. The molecular weight excluding hydrogens is 624 g/mol. The highest BCUT2D eigenvalue weighted by atomic mass is 16.7. The molecule has 0 spiro atoms. The lowest BCUT2D eigenvalue weighted by atomic mass is 9.47. The Bertz CT molecular complexity index is 1200. The fourth-order valence-corrected chi connectivity index (χ4v) is 10.5. The maximum Gasteiger partial charge on any atom is 0.407 e. The molecular formula is C39H62N2O8. The Balaban J connectivity index is 0.969. The zero-order valence-corrected chi connectivity index (χ0v) is 30.8. The second kappa shape index (κ2) is 16.7. The molecule has 5 rings (SSSR count).